The molecule has 1 aliphatic carbocycles. The van der Waals surface area contributed by atoms with Gasteiger partial charge in [0.2, 0.25) is 0 Å². The molecular weight excluding hydrogens is 276 g/mol. The van der Waals surface area contributed by atoms with Crippen LogP contribution in [0.5, 0.6) is 0 Å². The van der Waals surface area contributed by atoms with Gasteiger partial charge in [-0.2, -0.15) is 5.10 Å². The maximum absolute atomic E-state index is 12.0. The van der Waals surface area contributed by atoms with Gasteiger partial charge in [0.15, 0.2) is 5.78 Å². The predicted octanol–water partition coefficient (Wildman–Crippen LogP) is 2.92. The Morgan fingerprint density at radius 3 is 2.55 bits per heavy atom. The van der Waals surface area contributed by atoms with Crippen molar-refractivity contribution in [2.45, 2.75) is 12.8 Å². The Bertz CT molecular complexity index is 804. The fourth-order valence-electron chi connectivity index (χ4n) is 2.40. The van der Waals surface area contributed by atoms with Crippen molar-refractivity contribution in [1.82, 2.24) is 19.7 Å². The van der Waals surface area contributed by atoms with Gasteiger partial charge in [-0.25, -0.2) is 4.68 Å². The standard InChI is InChI=1S/C17H14N4O/c22-17(12-1-2-12)13-3-5-14(6-4-13)21-10-7-15(20-21)16-11-18-8-9-19-16/h3-12H,1-2H2. The number of nitrogens with zero attached hydrogens (tertiary/aromatic N) is 4. The Hall–Kier alpha value is -2.82. The fraction of sp³-hybridized carbons (Fsp3) is 0.176. The molecule has 0 radical (unpaired) electrons. The first-order valence-corrected chi connectivity index (χ1v) is 7.28. The summed E-state index contributed by atoms with van der Waals surface area (Å²) in [6.45, 7) is 0. The van der Waals surface area contributed by atoms with E-state index in [1.807, 2.05) is 36.5 Å². The molecule has 0 aliphatic heterocycles. The minimum atomic E-state index is 0.249. The van der Waals surface area contributed by atoms with Crippen LogP contribution in [0.4, 0.5) is 0 Å². The molecule has 0 saturated heterocycles. The van der Waals surface area contributed by atoms with Gasteiger partial charge in [0, 0.05) is 30.1 Å². The number of carbonyl (C=O) groups is 1. The molecule has 5 heteroatoms. The average molecular weight is 290 g/mol. The van der Waals surface area contributed by atoms with Crippen molar-refractivity contribution >= 4 is 5.78 Å². The van der Waals surface area contributed by atoms with Crippen molar-refractivity contribution in [1.29, 1.82) is 0 Å². The van der Waals surface area contributed by atoms with E-state index in [1.54, 1.807) is 23.3 Å². The van der Waals surface area contributed by atoms with Gasteiger partial charge in [0.1, 0.15) is 11.4 Å². The maximum atomic E-state index is 12.0. The van der Waals surface area contributed by atoms with Crippen molar-refractivity contribution < 1.29 is 4.79 Å². The SMILES string of the molecule is O=C(c1ccc(-n2ccc(-c3cnccn3)n2)cc1)C1CC1. The van der Waals surface area contributed by atoms with Crippen LogP contribution in [0.3, 0.4) is 0 Å². The van der Waals surface area contributed by atoms with Gasteiger partial charge in [-0.05, 0) is 43.2 Å². The minimum absolute atomic E-state index is 0.249. The van der Waals surface area contributed by atoms with Crippen LogP contribution in [0.15, 0.2) is 55.1 Å². The highest BCUT2D eigenvalue weighted by molar-refractivity contribution is 5.99. The quantitative estimate of drug-likeness (QED) is 0.693. The molecule has 1 aromatic carbocycles. The third kappa shape index (κ3) is 2.41. The Kier molecular flexibility index (Phi) is 3.04. The van der Waals surface area contributed by atoms with Crippen LogP contribution < -0.4 is 0 Å². The lowest BCUT2D eigenvalue weighted by Crippen LogP contribution is -2.02. The summed E-state index contributed by atoms with van der Waals surface area (Å²) >= 11 is 0. The largest absolute Gasteiger partial charge is 0.294 e. The number of hydrogen-bond acceptors (Lipinski definition) is 4. The molecule has 0 bridgehead atoms. The molecule has 0 amide bonds. The van der Waals surface area contributed by atoms with Crippen LogP contribution in [0.25, 0.3) is 17.1 Å². The summed E-state index contributed by atoms with van der Waals surface area (Å²) in [6.07, 6.45) is 8.90. The number of hydrogen-bond donors (Lipinski definition) is 0. The Labute approximate surface area is 127 Å². The van der Waals surface area contributed by atoms with Crippen LogP contribution in [-0.4, -0.2) is 25.5 Å². The van der Waals surface area contributed by atoms with Crippen molar-refractivity contribution in [3.63, 3.8) is 0 Å². The third-order valence-electron chi connectivity index (χ3n) is 3.78. The van der Waals surface area contributed by atoms with Crippen molar-refractivity contribution in [2.24, 2.45) is 5.92 Å². The summed E-state index contributed by atoms with van der Waals surface area (Å²) in [6, 6.07) is 9.48. The number of Topliss-reactive ketones (excluding diaryl/α,β-unsaturated/α-hetero) is 1. The second-order valence-corrected chi connectivity index (χ2v) is 5.42. The average Bonchev–Trinajstić information content (AvgIpc) is 3.32. The summed E-state index contributed by atoms with van der Waals surface area (Å²) < 4.78 is 1.77. The van der Waals surface area contributed by atoms with Gasteiger partial charge in [-0.3, -0.25) is 14.8 Å². The Morgan fingerprint density at radius 2 is 1.86 bits per heavy atom. The first-order valence-electron chi connectivity index (χ1n) is 7.28. The van der Waals surface area contributed by atoms with E-state index in [1.165, 1.54) is 0 Å². The molecule has 1 aliphatic rings. The smallest absolute Gasteiger partial charge is 0.165 e. The van der Waals surface area contributed by atoms with Crippen LogP contribution in [0.1, 0.15) is 23.2 Å². The predicted molar refractivity (Wildman–Crippen MR) is 81.6 cm³/mol. The van der Waals surface area contributed by atoms with E-state index in [0.717, 1.165) is 35.5 Å². The zero-order chi connectivity index (χ0) is 14.9. The molecule has 1 fully saturated rings. The van der Waals surface area contributed by atoms with Crippen molar-refractivity contribution in [3.8, 4) is 17.1 Å². The van der Waals surface area contributed by atoms with E-state index in [-0.39, 0.29) is 11.7 Å². The summed E-state index contributed by atoms with van der Waals surface area (Å²) in [5.41, 5.74) is 3.21. The Morgan fingerprint density at radius 1 is 1.05 bits per heavy atom. The lowest BCUT2D eigenvalue weighted by Gasteiger charge is -2.03. The van der Waals surface area contributed by atoms with E-state index < -0.39 is 0 Å². The summed E-state index contributed by atoms with van der Waals surface area (Å²) in [4.78, 5) is 20.3. The highest BCUT2D eigenvalue weighted by Gasteiger charge is 2.30. The fourth-order valence-corrected chi connectivity index (χ4v) is 2.40. The first kappa shape index (κ1) is 12.9. The lowest BCUT2D eigenvalue weighted by atomic mass is 10.1. The second kappa shape index (κ2) is 5.18. The number of benzene rings is 1. The number of carbonyl (C=O) groups excluding carboxylic acids is 1. The molecule has 2 aromatic heterocycles. The molecule has 0 unspecified atom stereocenters. The van der Waals surface area contributed by atoms with Gasteiger partial charge in [-0.1, -0.05) is 0 Å². The van der Waals surface area contributed by atoms with E-state index in [4.69, 9.17) is 0 Å². The summed E-state index contributed by atoms with van der Waals surface area (Å²) in [5, 5.41) is 4.50. The molecule has 4 rings (SSSR count). The van der Waals surface area contributed by atoms with E-state index >= 15 is 0 Å². The molecule has 0 spiro atoms. The van der Waals surface area contributed by atoms with Crippen LogP contribution >= 0.6 is 0 Å². The third-order valence-corrected chi connectivity index (χ3v) is 3.78. The molecule has 22 heavy (non-hydrogen) atoms. The van der Waals surface area contributed by atoms with Gasteiger partial charge in [0.05, 0.1) is 11.9 Å². The molecule has 2 heterocycles. The zero-order valence-electron chi connectivity index (χ0n) is 11.9. The normalized spacial score (nSPS) is 14.0. The van der Waals surface area contributed by atoms with Crippen molar-refractivity contribution in [2.75, 3.05) is 0 Å². The highest BCUT2D eigenvalue weighted by Crippen LogP contribution is 2.32. The summed E-state index contributed by atoms with van der Waals surface area (Å²) in [7, 11) is 0. The molecular formula is C17H14N4O. The topological polar surface area (TPSA) is 60.7 Å². The lowest BCUT2D eigenvalue weighted by molar-refractivity contribution is 0.0967. The van der Waals surface area contributed by atoms with Crippen molar-refractivity contribution in [3.05, 3.63) is 60.7 Å². The van der Waals surface area contributed by atoms with Gasteiger partial charge < -0.3 is 0 Å². The van der Waals surface area contributed by atoms with Crippen LogP contribution in [0.2, 0.25) is 0 Å². The first-order chi connectivity index (χ1) is 10.8. The molecule has 0 atom stereocenters. The maximum Gasteiger partial charge on any atom is 0.165 e. The van der Waals surface area contributed by atoms with Gasteiger partial charge in [-0.15, -0.1) is 0 Å². The number of ketones is 1. The number of rotatable bonds is 4. The molecule has 3 aromatic rings. The van der Waals surface area contributed by atoms with E-state index in [0.29, 0.717) is 0 Å². The molecule has 0 N–H and O–H groups in total. The second-order valence-electron chi connectivity index (χ2n) is 5.42. The van der Waals surface area contributed by atoms with Crippen LogP contribution in [-0.2, 0) is 0 Å². The number of aromatic nitrogens is 4. The molecule has 1 saturated carbocycles. The molecule has 108 valence electrons. The van der Waals surface area contributed by atoms with Gasteiger partial charge >= 0.3 is 0 Å². The van der Waals surface area contributed by atoms with Gasteiger partial charge in [0.25, 0.3) is 0 Å². The molecule has 5 nitrogen and oxygen atoms in total. The monoisotopic (exact) mass is 290 g/mol. The Balaban J connectivity index is 1.59. The minimum Gasteiger partial charge on any atom is -0.294 e. The van der Waals surface area contributed by atoms with E-state index in [9.17, 15) is 4.79 Å². The summed E-state index contributed by atoms with van der Waals surface area (Å²) in [5.74, 6) is 0.506. The van der Waals surface area contributed by atoms with Crippen LogP contribution in [0, 0.1) is 5.92 Å². The van der Waals surface area contributed by atoms with E-state index in [2.05, 4.69) is 15.1 Å². The zero-order valence-corrected chi connectivity index (χ0v) is 11.9. The highest BCUT2D eigenvalue weighted by atomic mass is 16.1.